The van der Waals surface area contributed by atoms with E-state index in [0.717, 1.165) is 6.42 Å². The Bertz CT molecular complexity index is 274. The van der Waals surface area contributed by atoms with E-state index in [-0.39, 0.29) is 5.91 Å². The number of carbonyl (C=O) groups is 1. The minimum absolute atomic E-state index is 0.0977. The highest BCUT2D eigenvalue weighted by molar-refractivity contribution is 7.09. The van der Waals surface area contributed by atoms with Crippen LogP contribution in [0, 0.1) is 0 Å². The summed E-state index contributed by atoms with van der Waals surface area (Å²) in [4.78, 5) is 17.3. The van der Waals surface area contributed by atoms with E-state index < -0.39 is 0 Å². The fourth-order valence-electron chi connectivity index (χ4n) is 0.999. The van der Waals surface area contributed by atoms with Crippen molar-refractivity contribution in [3.05, 3.63) is 22.4 Å². The Morgan fingerprint density at radius 1 is 1.53 bits per heavy atom. The van der Waals surface area contributed by atoms with Crippen LogP contribution in [0.1, 0.15) is 11.3 Å². The highest BCUT2D eigenvalue weighted by atomic mass is 32.1. The molecule has 0 saturated carbocycles. The molecule has 0 saturated heterocycles. The second-order valence-electron chi connectivity index (χ2n) is 2.95. The number of carbonyl (C=O) groups excluding carboxylic acids is 1. The van der Waals surface area contributed by atoms with E-state index in [9.17, 15) is 4.79 Å². The van der Waals surface area contributed by atoms with Crippen LogP contribution in [0.3, 0.4) is 0 Å². The first-order valence-electron chi connectivity index (χ1n) is 4.75. The van der Waals surface area contributed by atoms with Gasteiger partial charge < -0.3 is 4.74 Å². The Labute approximate surface area is 93.2 Å². The summed E-state index contributed by atoms with van der Waals surface area (Å²) in [5, 5.41) is 2.00. The van der Waals surface area contributed by atoms with Crippen molar-refractivity contribution in [3.8, 4) is 0 Å². The molecule has 0 aliphatic carbocycles. The zero-order valence-corrected chi connectivity index (χ0v) is 9.51. The molecule has 5 heteroatoms. The summed E-state index contributed by atoms with van der Waals surface area (Å²) < 4.78 is 4.77. The normalized spacial score (nSPS) is 10.2. The second-order valence-corrected chi connectivity index (χ2v) is 3.98. The smallest absolute Gasteiger partial charge is 0.243 e. The molecule has 0 aliphatic heterocycles. The third-order valence-electron chi connectivity index (χ3n) is 1.75. The van der Waals surface area contributed by atoms with Crippen molar-refractivity contribution in [3.63, 3.8) is 0 Å². The van der Waals surface area contributed by atoms with E-state index in [1.165, 1.54) is 4.88 Å². The molecule has 1 amide bonds. The van der Waals surface area contributed by atoms with E-state index in [1.807, 2.05) is 17.5 Å². The highest BCUT2D eigenvalue weighted by Gasteiger charge is 2.02. The van der Waals surface area contributed by atoms with E-state index in [4.69, 9.17) is 9.57 Å². The van der Waals surface area contributed by atoms with Crippen LogP contribution in [-0.2, 0) is 20.8 Å². The lowest BCUT2D eigenvalue weighted by Crippen LogP contribution is -2.25. The Morgan fingerprint density at radius 3 is 3.07 bits per heavy atom. The molecule has 4 nitrogen and oxygen atoms in total. The molecule has 0 aliphatic rings. The summed E-state index contributed by atoms with van der Waals surface area (Å²) in [5.41, 5.74) is 2.37. The van der Waals surface area contributed by atoms with Crippen LogP contribution < -0.4 is 5.48 Å². The van der Waals surface area contributed by atoms with Crippen LogP contribution in [0.15, 0.2) is 17.5 Å². The number of thiophene rings is 1. The molecule has 0 radical (unpaired) electrons. The summed E-state index contributed by atoms with van der Waals surface area (Å²) in [6.07, 6.45) is 1.21. The second kappa shape index (κ2) is 7.39. The minimum atomic E-state index is -0.0977. The molecule has 15 heavy (non-hydrogen) atoms. The summed E-state index contributed by atoms with van der Waals surface area (Å²) in [6, 6.07) is 4.00. The lowest BCUT2D eigenvalue weighted by atomic mass is 10.2. The predicted octanol–water partition coefficient (Wildman–Crippen LogP) is 1.37. The van der Waals surface area contributed by atoms with Crippen LogP contribution in [0.5, 0.6) is 0 Å². The molecule has 0 atom stereocenters. The molecular weight excluding hydrogens is 214 g/mol. The van der Waals surface area contributed by atoms with Gasteiger partial charge >= 0.3 is 0 Å². The van der Waals surface area contributed by atoms with E-state index in [2.05, 4.69) is 5.48 Å². The summed E-state index contributed by atoms with van der Waals surface area (Å²) in [6.45, 7) is 0.854. The maximum atomic E-state index is 11.2. The SMILES string of the molecule is COCCONC(=O)CCc1cccs1. The lowest BCUT2D eigenvalue weighted by Gasteiger charge is -2.04. The highest BCUT2D eigenvalue weighted by Crippen LogP contribution is 2.10. The van der Waals surface area contributed by atoms with Gasteiger partial charge in [0.2, 0.25) is 5.91 Å². The molecule has 1 N–H and O–H groups in total. The number of hydroxylamine groups is 1. The maximum Gasteiger partial charge on any atom is 0.243 e. The van der Waals surface area contributed by atoms with Crippen molar-refractivity contribution in [2.75, 3.05) is 20.3 Å². The van der Waals surface area contributed by atoms with Gasteiger partial charge in [0.05, 0.1) is 13.2 Å². The molecule has 1 aromatic heterocycles. The fourth-order valence-corrected chi connectivity index (χ4v) is 1.71. The number of amides is 1. The zero-order valence-electron chi connectivity index (χ0n) is 8.69. The van der Waals surface area contributed by atoms with Crippen LogP contribution in [-0.4, -0.2) is 26.2 Å². The largest absolute Gasteiger partial charge is 0.382 e. The summed E-state index contributed by atoms with van der Waals surface area (Å²) >= 11 is 1.66. The van der Waals surface area contributed by atoms with Crippen LogP contribution in [0.25, 0.3) is 0 Å². The van der Waals surface area contributed by atoms with Crippen molar-refractivity contribution in [2.45, 2.75) is 12.8 Å². The standard InChI is InChI=1S/C10H15NO3S/c1-13-6-7-14-11-10(12)5-4-9-3-2-8-15-9/h2-3,8H,4-7H2,1H3,(H,11,12). The first-order valence-corrected chi connectivity index (χ1v) is 5.63. The molecule has 0 bridgehead atoms. The first-order chi connectivity index (χ1) is 7.33. The number of rotatable bonds is 7. The van der Waals surface area contributed by atoms with Gasteiger partial charge in [0.25, 0.3) is 0 Å². The van der Waals surface area contributed by atoms with Gasteiger partial charge in [-0.25, -0.2) is 5.48 Å². The van der Waals surface area contributed by atoms with E-state index >= 15 is 0 Å². The van der Waals surface area contributed by atoms with Crippen LogP contribution >= 0.6 is 11.3 Å². The monoisotopic (exact) mass is 229 g/mol. The summed E-state index contributed by atoms with van der Waals surface area (Å²) in [7, 11) is 1.59. The van der Waals surface area contributed by atoms with Crippen LogP contribution in [0.4, 0.5) is 0 Å². The van der Waals surface area contributed by atoms with Crippen molar-refractivity contribution < 1.29 is 14.4 Å². The average Bonchev–Trinajstić information content (AvgIpc) is 2.74. The van der Waals surface area contributed by atoms with Gasteiger partial charge in [0, 0.05) is 18.4 Å². The molecule has 1 heterocycles. The van der Waals surface area contributed by atoms with E-state index in [0.29, 0.717) is 19.6 Å². The molecule has 0 aromatic carbocycles. The number of hydrogen-bond donors (Lipinski definition) is 1. The van der Waals surface area contributed by atoms with Crippen molar-refractivity contribution in [2.24, 2.45) is 0 Å². The van der Waals surface area contributed by atoms with E-state index in [1.54, 1.807) is 18.4 Å². The molecular formula is C10H15NO3S. The Morgan fingerprint density at radius 2 is 2.40 bits per heavy atom. The van der Waals surface area contributed by atoms with Crippen molar-refractivity contribution >= 4 is 17.2 Å². The number of hydrogen-bond acceptors (Lipinski definition) is 4. The average molecular weight is 229 g/mol. The third-order valence-corrected chi connectivity index (χ3v) is 2.69. The molecule has 1 rings (SSSR count). The number of nitrogens with one attached hydrogen (secondary N) is 1. The number of ether oxygens (including phenoxy) is 1. The topological polar surface area (TPSA) is 47.6 Å². The molecule has 84 valence electrons. The third kappa shape index (κ3) is 5.51. The number of methoxy groups -OCH3 is 1. The maximum absolute atomic E-state index is 11.2. The zero-order chi connectivity index (χ0) is 10.9. The van der Waals surface area contributed by atoms with Gasteiger partial charge in [-0.15, -0.1) is 11.3 Å². The molecule has 0 spiro atoms. The van der Waals surface area contributed by atoms with Gasteiger partial charge in [-0.2, -0.15) is 0 Å². The molecule has 0 unspecified atom stereocenters. The van der Waals surface area contributed by atoms with Gasteiger partial charge in [0.1, 0.15) is 0 Å². The van der Waals surface area contributed by atoms with Gasteiger partial charge in [-0.1, -0.05) is 6.07 Å². The Balaban J connectivity index is 2.04. The predicted molar refractivity (Wildman–Crippen MR) is 58.6 cm³/mol. The fraction of sp³-hybridized carbons (Fsp3) is 0.500. The first kappa shape index (κ1) is 12.2. The van der Waals surface area contributed by atoms with Gasteiger partial charge in [-0.3, -0.25) is 9.63 Å². The lowest BCUT2D eigenvalue weighted by molar-refractivity contribution is -0.134. The minimum Gasteiger partial charge on any atom is -0.382 e. The Kier molecular flexibility index (Phi) is 5.99. The molecule has 0 fully saturated rings. The molecule has 1 aromatic rings. The quantitative estimate of drug-likeness (QED) is 0.567. The number of aryl methyl sites for hydroxylation is 1. The van der Waals surface area contributed by atoms with Gasteiger partial charge in [0.15, 0.2) is 0 Å². The summed E-state index contributed by atoms with van der Waals surface area (Å²) in [5.74, 6) is -0.0977. The van der Waals surface area contributed by atoms with Crippen molar-refractivity contribution in [1.82, 2.24) is 5.48 Å². The van der Waals surface area contributed by atoms with Crippen LogP contribution in [0.2, 0.25) is 0 Å². The van der Waals surface area contributed by atoms with Crippen molar-refractivity contribution in [1.29, 1.82) is 0 Å². The Hall–Kier alpha value is -0.910. The van der Waals surface area contributed by atoms with Gasteiger partial charge in [-0.05, 0) is 17.9 Å².